The van der Waals surface area contributed by atoms with Gasteiger partial charge in [-0.05, 0) is 19.1 Å². The van der Waals surface area contributed by atoms with Gasteiger partial charge in [0.15, 0.2) is 0 Å². The summed E-state index contributed by atoms with van der Waals surface area (Å²) in [7, 11) is 0. The SMILES string of the molecule is CC1CN(c2ccccc2F)CCN1CCN. The molecule has 0 spiro atoms. The van der Waals surface area contributed by atoms with Gasteiger partial charge in [0.2, 0.25) is 0 Å². The van der Waals surface area contributed by atoms with Crippen LogP contribution in [-0.4, -0.2) is 43.7 Å². The highest BCUT2D eigenvalue weighted by atomic mass is 19.1. The van der Waals surface area contributed by atoms with Gasteiger partial charge in [-0.2, -0.15) is 0 Å². The van der Waals surface area contributed by atoms with E-state index in [1.165, 1.54) is 6.07 Å². The van der Waals surface area contributed by atoms with Crippen molar-refractivity contribution in [2.24, 2.45) is 5.73 Å². The molecule has 1 atom stereocenters. The lowest BCUT2D eigenvalue weighted by atomic mass is 10.1. The second-order valence-corrected chi connectivity index (χ2v) is 4.57. The summed E-state index contributed by atoms with van der Waals surface area (Å²) in [6.45, 7) is 6.46. The zero-order chi connectivity index (χ0) is 12.3. The molecule has 1 fully saturated rings. The third kappa shape index (κ3) is 2.76. The summed E-state index contributed by atoms with van der Waals surface area (Å²) in [5.74, 6) is -0.132. The van der Waals surface area contributed by atoms with Gasteiger partial charge in [0, 0.05) is 38.8 Å². The molecule has 1 heterocycles. The minimum atomic E-state index is -0.132. The Morgan fingerprint density at radius 2 is 2.12 bits per heavy atom. The molecule has 0 bridgehead atoms. The van der Waals surface area contributed by atoms with Crippen LogP contribution in [-0.2, 0) is 0 Å². The molecule has 0 radical (unpaired) electrons. The number of nitrogens with two attached hydrogens (primary N) is 1. The van der Waals surface area contributed by atoms with E-state index < -0.39 is 0 Å². The molecule has 0 aliphatic carbocycles. The van der Waals surface area contributed by atoms with Crippen LogP contribution in [0.5, 0.6) is 0 Å². The van der Waals surface area contributed by atoms with E-state index in [-0.39, 0.29) is 5.82 Å². The van der Waals surface area contributed by atoms with Gasteiger partial charge < -0.3 is 10.6 Å². The molecule has 94 valence electrons. The molecule has 1 aromatic rings. The second-order valence-electron chi connectivity index (χ2n) is 4.57. The number of nitrogens with zero attached hydrogens (tertiary/aromatic N) is 2. The summed E-state index contributed by atoms with van der Waals surface area (Å²) >= 11 is 0. The number of anilines is 1. The first-order chi connectivity index (χ1) is 8.22. The molecule has 3 nitrogen and oxygen atoms in total. The minimum Gasteiger partial charge on any atom is -0.366 e. The number of rotatable bonds is 3. The highest BCUT2D eigenvalue weighted by molar-refractivity contribution is 5.48. The Morgan fingerprint density at radius 3 is 2.76 bits per heavy atom. The molecule has 2 N–H and O–H groups in total. The second kappa shape index (κ2) is 5.47. The number of para-hydroxylation sites is 1. The highest BCUT2D eigenvalue weighted by Gasteiger charge is 2.24. The van der Waals surface area contributed by atoms with Crippen LogP contribution in [0.1, 0.15) is 6.92 Å². The number of piperazine rings is 1. The van der Waals surface area contributed by atoms with Crippen LogP contribution < -0.4 is 10.6 Å². The molecule has 0 saturated carbocycles. The first-order valence-electron chi connectivity index (χ1n) is 6.16. The molecule has 0 amide bonds. The Hall–Kier alpha value is -1.13. The molecule has 1 aliphatic heterocycles. The van der Waals surface area contributed by atoms with E-state index in [1.807, 2.05) is 12.1 Å². The van der Waals surface area contributed by atoms with Gasteiger partial charge in [0.05, 0.1) is 5.69 Å². The van der Waals surface area contributed by atoms with Crippen molar-refractivity contribution in [2.75, 3.05) is 37.6 Å². The van der Waals surface area contributed by atoms with Crippen molar-refractivity contribution in [1.82, 2.24) is 4.90 Å². The van der Waals surface area contributed by atoms with Crippen molar-refractivity contribution in [3.05, 3.63) is 30.1 Å². The third-order valence-electron chi connectivity index (χ3n) is 3.37. The zero-order valence-electron chi connectivity index (χ0n) is 10.3. The Labute approximate surface area is 102 Å². The van der Waals surface area contributed by atoms with Crippen LogP contribution in [0.25, 0.3) is 0 Å². The van der Waals surface area contributed by atoms with E-state index in [1.54, 1.807) is 6.07 Å². The van der Waals surface area contributed by atoms with Crippen molar-refractivity contribution >= 4 is 5.69 Å². The number of benzene rings is 1. The van der Waals surface area contributed by atoms with Crippen LogP contribution in [0.2, 0.25) is 0 Å². The quantitative estimate of drug-likeness (QED) is 0.860. The van der Waals surface area contributed by atoms with E-state index in [0.717, 1.165) is 26.2 Å². The number of hydrogen-bond donors (Lipinski definition) is 1. The van der Waals surface area contributed by atoms with Crippen molar-refractivity contribution in [2.45, 2.75) is 13.0 Å². The minimum absolute atomic E-state index is 0.132. The summed E-state index contributed by atoms with van der Waals surface area (Å²) in [6, 6.07) is 7.40. The summed E-state index contributed by atoms with van der Waals surface area (Å²) in [4.78, 5) is 4.48. The maximum Gasteiger partial charge on any atom is 0.146 e. The van der Waals surface area contributed by atoms with E-state index >= 15 is 0 Å². The van der Waals surface area contributed by atoms with E-state index in [0.29, 0.717) is 18.3 Å². The summed E-state index contributed by atoms with van der Waals surface area (Å²) < 4.78 is 13.7. The van der Waals surface area contributed by atoms with Gasteiger partial charge in [0.1, 0.15) is 5.82 Å². The molecule has 17 heavy (non-hydrogen) atoms. The lowest BCUT2D eigenvalue weighted by molar-refractivity contribution is 0.194. The standard InChI is InChI=1S/C13H20FN3/c1-11-10-17(9-8-16(11)7-6-15)13-5-3-2-4-12(13)14/h2-5,11H,6-10,15H2,1H3. The number of halogens is 1. The van der Waals surface area contributed by atoms with Gasteiger partial charge in [-0.1, -0.05) is 12.1 Å². The average Bonchev–Trinajstić information content (AvgIpc) is 2.33. The molecule has 1 aliphatic rings. The topological polar surface area (TPSA) is 32.5 Å². The van der Waals surface area contributed by atoms with Crippen LogP contribution in [0.3, 0.4) is 0 Å². The zero-order valence-corrected chi connectivity index (χ0v) is 10.3. The fraction of sp³-hybridized carbons (Fsp3) is 0.538. The fourth-order valence-corrected chi connectivity index (χ4v) is 2.42. The Kier molecular flexibility index (Phi) is 3.97. The fourth-order valence-electron chi connectivity index (χ4n) is 2.42. The van der Waals surface area contributed by atoms with Crippen molar-refractivity contribution in [3.63, 3.8) is 0 Å². The third-order valence-corrected chi connectivity index (χ3v) is 3.37. The number of hydrogen-bond acceptors (Lipinski definition) is 3. The van der Waals surface area contributed by atoms with Gasteiger partial charge in [-0.25, -0.2) is 4.39 Å². The molecule has 1 aromatic carbocycles. The van der Waals surface area contributed by atoms with Crippen LogP contribution >= 0.6 is 0 Å². The lowest BCUT2D eigenvalue weighted by Crippen LogP contribution is -2.53. The van der Waals surface area contributed by atoms with Crippen LogP contribution in [0.4, 0.5) is 10.1 Å². The molecule has 1 unspecified atom stereocenters. The summed E-state index contributed by atoms with van der Waals surface area (Å²) in [5, 5.41) is 0. The van der Waals surface area contributed by atoms with E-state index in [9.17, 15) is 4.39 Å². The Morgan fingerprint density at radius 1 is 1.35 bits per heavy atom. The smallest absolute Gasteiger partial charge is 0.146 e. The van der Waals surface area contributed by atoms with Crippen LogP contribution in [0, 0.1) is 5.82 Å². The van der Waals surface area contributed by atoms with Crippen LogP contribution in [0.15, 0.2) is 24.3 Å². The molecule has 1 saturated heterocycles. The first-order valence-corrected chi connectivity index (χ1v) is 6.16. The highest BCUT2D eigenvalue weighted by Crippen LogP contribution is 2.21. The summed E-state index contributed by atoms with van der Waals surface area (Å²) in [5.41, 5.74) is 6.29. The molecule has 4 heteroatoms. The summed E-state index contributed by atoms with van der Waals surface area (Å²) in [6.07, 6.45) is 0. The largest absolute Gasteiger partial charge is 0.366 e. The van der Waals surface area contributed by atoms with E-state index in [4.69, 9.17) is 5.73 Å². The van der Waals surface area contributed by atoms with Gasteiger partial charge in [0.25, 0.3) is 0 Å². The monoisotopic (exact) mass is 237 g/mol. The predicted molar refractivity (Wildman–Crippen MR) is 68.7 cm³/mol. The van der Waals surface area contributed by atoms with Crippen molar-refractivity contribution in [3.8, 4) is 0 Å². The van der Waals surface area contributed by atoms with Gasteiger partial charge >= 0.3 is 0 Å². The van der Waals surface area contributed by atoms with E-state index in [2.05, 4.69) is 16.7 Å². The average molecular weight is 237 g/mol. The van der Waals surface area contributed by atoms with Gasteiger partial charge in [-0.3, -0.25) is 4.90 Å². The molecular weight excluding hydrogens is 217 g/mol. The first kappa shape index (κ1) is 12.3. The maximum absolute atomic E-state index is 13.7. The predicted octanol–water partition coefficient (Wildman–Crippen LogP) is 1.29. The van der Waals surface area contributed by atoms with Crippen molar-refractivity contribution in [1.29, 1.82) is 0 Å². The normalized spacial score (nSPS) is 21.8. The molecule has 2 rings (SSSR count). The van der Waals surface area contributed by atoms with Gasteiger partial charge in [-0.15, -0.1) is 0 Å². The molecular formula is C13H20FN3. The molecule has 0 aromatic heterocycles. The maximum atomic E-state index is 13.7. The Bertz CT molecular complexity index is 369. The lowest BCUT2D eigenvalue weighted by Gasteiger charge is -2.40. The Balaban J connectivity index is 2.04. The van der Waals surface area contributed by atoms with Crippen molar-refractivity contribution < 1.29 is 4.39 Å².